The molecule has 0 fully saturated rings. The Labute approximate surface area is 131 Å². The molecule has 0 aromatic heterocycles. The summed E-state index contributed by atoms with van der Waals surface area (Å²) in [5.74, 6) is 0.762. The van der Waals surface area contributed by atoms with E-state index in [1.807, 2.05) is 0 Å². The van der Waals surface area contributed by atoms with Crippen molar-refractivity contribution >= 4 is 24.1 Å². The van der Waals surface area contributed by atoms with Crippen LogP contribution in [0.1, 0.15) is 36.5 Å². The molecule has 0 heterocycles. The van der Waals surface area contributed by atoms with Crippen molar-refractivity contribution in [3.05, 3.63) is 29.8 Å². The van der Waals surface area contributed by atoms with Crippen LogP contribution in [-0.2, 0) is 4.79 Å². The fraction of sp³-hybridized carbons (Fsp3) is 0.467. The number of nitrogens with one attached hydrogen (secondary N) is 1. The fourth-order valence-electron chi connectivity index (χ4n) is 1.63. The van der Waals surface area contributed by atoms with E-state index >= 15 is 0 Å². The highest BCUT2D eigenvalue weighted by Crippen LogP contribution is 2.12. The molecule has 5 nitrogen and oxygen atoms in total. The van der Waals surface area contributed by atoms with Crippen molar-refractivity contribution in [1.29, 1.82) is 0 Å². The smallest absolute Gasteiger partial charge is 0.220 e. The largest absolute Gasteiger partial charge is 0.494 e. The molecule has 0 bridgehead atoms. The van der Waals surface area contributed by atoms with E-state index in [0.717, 1.165) is 6.42 Å². The van der Waals surface area contributed by atoms with Gasteiger partial charge in [0, 0.05) is 18.5 Å². The maximum atomic E-state index is 11.4. The molecule has 0 unspecified atom stereocenters. The van der Waals surface area contributed by atoms with Crippen LogP contribution in [0.15, 0.2) is 24.3 Å². The molecule has 0 aliphatic rings. The minimum absolute atomic E-state index is 0. The van der Waals surface area contributed by atoms with Gasteiger partial charge in [0.05, 0.1) is 6.61 Å². The summed E-state index contributed by atoms with van der Waals surface area (Å²) >= 11 is 0. The average molecular weight is 315 g/mol. The number of ketones is 1. The van der Waals surface area contributed by atoms with E-state index in [0.29, 0.717) is 43.9 Å². The lowest BCUT2D eigenvalue weighted by Crippen LogP contribution is -2.26. The first-order valence-corrected chi connectivity index (χ1v) is 6.84. The monoisotopic (exact) mass is 314 g/mol. The van der Waals surface area contributed by atoms with E-state index < -0.39 is 0 Å². The summed E-state index contributed by atoms with van der Waals surface area (Å²) in [6.07, 6.45) is 1.89. The Morgan fingerprint density at radius 1 is 1.19 bits per heavy atom. The SMILES string of the molecule is CC(=O)c1ccc(OCCCC(=O)NCCCN)cc1.Cl. The summed E-state index contributed by atoms with van der Waals surface area (Å²) < 4.78 is 5.51. The molecule has 1 amide bonds. The van der Waals surface area contributed by atoms with Gasteiger partial charge in [-0.1, -0.05) is 0 Å². The Hall–Kier alpha value is -1.59. The molecule has 1 aromatic rings. The summed E-state index contributed by atoms with van der Waals surface area (Å²) in [4.78, 5) is 22.5. The van der Waals surface area contributed by atoms with Gasteiger partial charge in [0.2, 0.25) is 5.91 Å². The lowest BCUT2D eigenvalue weighted by molar-refractivity contribution is -0.121. The molecule has 21 heavy (non-hydrogen) atoms. The Morgan fingerprint density at radius 3 is 2.43 bits per heavy atom. The van der Waals surface area contributed by atoms with Crippen molar-refractivity contribution < 1.29 is 14.3 Å². The van der Waals surface area contributed by atoms with Crippen molar-refractivity contribution in [1.82, 2.24) is 5.32 Å². The molecule has 3 N–H and O–H groups in total. The quantitative estimate of drug-likeness (QED) is 0.539. The highest BCUT2D eigenvalue weighted by Gasteiger charge is 2.02. The molecule has 6 heteroatoms. The molecule has 118 valence electrons. The van der Waals surface area contributed by atoms with Crippen LogP contribution >= 0.6 is 12.4 Å². The Morgan fingerprint density at radius 2 is 1.86 bits per heavy atom. The van der Waals surface area contributed by atoms with Gasteiger partial charge >= 0.3 is 0 Å². The van der Waals surface area contributed by atoms with E-state index in [9.17, 15) is 9.59 Å². The van der Waals surface area contributed by atoms with Crippen LogP contribution < -0.4 is 15.8 Å². The van der Waals surface area contributed by atoms with Crippen LogP contribution in [0, 0.1) is 0 Å². The van der Waals surface area contributed by atoms with Crippen LogP contribution in [-0.4, -0.2) is 31.4 Å². The second kappa shape index (κ2) is 11.1. The van der Waals surface area contributed by atoms with Gasteiger partial charge in [-0.2, -0.15) is 0 Å². The zero-order valence-electron chi connectivity index (χ0n) is 12.3. The number of benzene rings is 1. The van der Waals surface area contributed by atoms with Gasteiger partial charge < -0.3 is 15.8 Å². The van der Waals surface area contributed by atoms with Gasteiger partial charge in [0.15, 0.2) is 5.78 Å². The van der Waals surface area contributed by atoms with Gasteiger partial charge in [-0.3, -0.25) is 9.59 Å². The third-order valence-corrected chi connectivity index (χ3v) is 2.78. The molecular formula is C15H23ClN2O3. The minimum Gasteiger partial charge on any atom is -0.494 e. The molecule has 0 spiro atoms. The maximum Gasteiger partial charge on any atom is 0.220 e. The number of carbonyl (C=O) groups excluding carboxylic acids is 2. The average Bonchev–Trinajstić information content (AvgIpc) is 2.44. The molecule has 0 aliphatic heterocycles. The zero-order chi connectivity index (χ0) is 14.8. The van der Waals surface area contributed by atoms with Gasteiger partial charge in [0.1, 0.15) is 5.75 Å². The van der Waals surface area contributed by atoms with Crippen molar-refractivity contribution in [2.75, 3.05) is 19.7 Å². The summed E-state index contributed by atoms with van der Waals surface area (Å²) in [5, 5.41) is 2.79. The Bertz CT molecular complexity index is 435. The number of nitrogens with two attached hydrogens (primary N) is 1. The van der Waals surface area contributed by atoms with Crippen molar-refractivity contribution in [3.8, 4) is 5.75 Å². The number of halogens is 1. The predicted molar refractivity (Wildman–Crippen MR) is 85.1 cm³/mol. The first-order valence-electron chi connectivity index (χ1n) is 6.84. The number of amides is 1. The van der Waals surface area contributed by atoms with Crippen LogP contribution in [0.5, 0.6) is 5.75 Å². The number of carbonyl (C=O) groups is 2. The number of rotatable bonds is 9. The van der Waals surface area contributed by atoms with Crippen molar-refractivity contribution in [3.63, 3.8) is 0 Å². The lowest BCUT2D eigenvalue weighted by atomic mass is 10.1. The van der Waals surface area contributed by atoms with Gasteiger partial charge in [-0.15, -0.1) is 12.4 Å². The number of Topliss-reactive ketones (excluding diaryl/α,β-unsaturated/α-hetero) is 1. The zero-order valence-corrected chi connectivity index (χ0v) is 13.1. The second-order valence-electron chi connectivity index (χ2n) is 4.52. The number of hydrogen-bond acceptors (Lipinski definition) is 4. The topological polar surface area (TPSA) is 81.4 Å². The number of hydrogen-bond donors (Lipinski definition) is 2. The standard InChI is InChI=1S/C15H22N2O3.ClH/c1-12(18)13-5-7-14(8-6-13)20-11-2-4-15(19)17-10-3-9-16;/h5-8H,2-4,9-11,16H2,1H3,(H,17,19);1H. The van der Waals surface area contributed by atoms with Crippen LogP contribution in [0.4, 0.5) is 0 Å². The fourth-order valence-corrected chi connectivity index (χ4v) is 1.63. The van der Waals surface area contributed by atoms with E-state index in [1.165, 1.54) is 6.92 Å². The molecule has 1 rings (SSSR count). The van der Waals surface area contributed by atoms with E-state index in [2.05, 4.69) is 5.32 Å². The summed E-state index contributed by atoms with van der Waals surface area (Å²) in [6, 6.07) is 6.99. The van der Waals surface area contributed by atoms with Gasteiger partial charge in [-0.05, 0) is 50.6 Å². The molecule has 0 radical (unpaired) electrons. The summed E-state index contributed by atoms with van der Waals surface area (Å²) in [5.41, 5.74) is 6.00. The maximum absolute atomic E-state index is 11.4. The molecule has 1 aromatic carbocycles. The van der Waals surface area contributed by atoms with Crippen LogP contribution in [0.25, 0.3) is 0 Å². The van der Waals surface area contributed by atoms with E-state index in [1.54, 1.807) is 24.3 Å². The highest BCUT2D eigenvalue weighted by molar-refractivity contribution is 5.94. The third kappa shape index (κ3) is 8.32. The summed E-state index contributed by atoms with van der Waals surface area (Å²) in [7, 11) is 0. The third-order valence-electron chi connectivity index (χ3n) is 2.78. The summed E-state index contributed by atoms with van der Waals surface area (Å²) in [6.45, 7) is 3.21. The first-order chi connectivity index (χ1) is 9.63. The molecule has 0 saturated carbocycles. The first kappa shape index (κ1) is 19.4. The minimum atomic E-state index is 0. The molecule has 0 aliphatic carbocycles. The molecular weight excluding hydrogens is 292 g/mol. The van der Waals surface area contributed by atoms with Gasteiger partial charge in [-0.25, -0.2) is 0 Å². The molecule has 0 atom stereocenters. The van der Waals surface area contributed by atoms with Crippen molar-refractivity contribution in [2.24, 2.45) is 5.73 Å². The lowest BCUT2D eigenvalue weighted by Gasteiger charge is -2.07. The Kier molecular flexibility index (Phi) is 10.3. The van der Waals surface area contributed by atoms with Crippen LogP contribution in [0.2, 0.25) is 0 Å². The number of ether oxygens (including phenoxy) is 1. The molecule has 0 saturated heterocycles. The highest BCUT2D eigenvalue weighted by atomic mass is 35.5. The second-order valence-corrected chi connectivity index (χ2v) is 4.52. The van der Waals surface area contributed by atoms with E-state index in [4.69, 9.17) is 10.5 Å². The van der Waals surface area contributed by atoms with Crippen LogP contribution in [0.3, 0.4) is 0 Å². The van der Waals surface area contributed by atoms with E-state index in [-0.39, 0.29) is 24.1 Å². The Balaban J connectivity index is 0.00000400. The van der Waals surface area contributed by atoms with Crippen molar-refractivity contribution in [2.45, 2.75) is 26.2 Å². The van der Waals surface area contributed by atoms with Gasteiger partial charge in [0.25, 0.3) is 0 Å². The predicted octanol–water partition coefficient (Wildman–Crippen LogP) is 1.94. The normalized spacial score (nSPS) is 9.62.